The maximum Gasteiger partial charge on any atom is 0.259 e. The van der Waals surface area contributed by atoms with Gasteiger partial charge in [0.25, 0.3) is 5.91 Å². The second-order valence-electron chi connectivity index (χ2n) is 10.6. The zero-order chi connectivity index (χ0) is 25.4. The number of rotatable bonds is 6. The normalized spacial score (nSPS) is 20.5. The lowest BCUT2D eigenvalue weighted by molar-refractivity contribution is 0.0150. The Kier molecular flexibility index (Phi) is 6.65. The van der Waals surface area contributed by atoms with Crippen LogP contribution in [-0.4, -0.2) is 57.9 Å². The zero-order valence-electron chi connectivity index (χ0n) is 21.7. The molecule has 0 spiro atoms. The molecule has 1 N–H and O–H groups in total. The maximum absolute atomic E-state index is 13.1. The lowest BCUT2D eigenvalue weighted by Gasteiger charge is -2.36. The van der Waals surface area contributed by atoms with Crippen molar-refractivity contribution in [3.63, 3.8) is 0 Å². The Balaban J connectivity index is 1.12. The number of amides is 1. The number of carbonyl (C=O) groups excluding carboxylic acids is 1. The van der Waals surface area contributed by atoms with Gasteiger partial charge in [0.2, 0.25) is 0 Å². The average Bonchev–Trinajstić information content (AvgIpc) is 3.71. The van der Waals surface area contributed by atoms with Gasteiger partial charge in [0.15, 0.2) is 0 Å². The largest absolute Gasteiger partial charge is 0.379 e. The van der Waals surface area contributed by atoms with Crippen LogP contribution in [-0.2, 0) is 4.74 Å². The van der Waals surface area contributed by atoms with Gasteiger partial charge in [-0.25, -0.2) is 4.68 Å². The number of anilines is 1. The first-order chi connectivity index (χ1) is 18.1. The fraction of sp³-hybridized carbons (Fsp3) is 0.433. The molecule has 7 heteroatoms. The van der Waals surface area contributed by atoms with Crippen LogP contribution in [0.1, 0.15) is 70.9 Å². The lowest BCUT2D eigenvalue weighted by Crippen LogP contribution is -2.43. The van der Waals surface area contributed by atoms with Crippen molar-refractivity contribution in [2.75, 3.05) is 31.6 Å². The van der Waals surface area contributed by atoms with E-state index in [1.807, 2.05) is 17.7 Å². The summed E-state index contributed by atoms with van der Waals surface area (Å²) in [6.07, 6.45) is 11.6. The van der Waals surface area contributed by atoms with E-state index in [2.05, 4.69) is 52.6 Å². The first kappa shape index (κ1) is 24.1. The molecule has 192 valence electrons. The molecule has 3 aromatic rings. The molecule has 1 aromatic carbocycles. The Labute approximate surface area is 218 Å². The van der Waals surface area contributed by atoms with E-state index in [0.29, 0.717) is 17.3 Å². The molecule has 2 aliphatic carbocycles. The smallest absolute Gasteiger partial charge is 0.259 e. The summed E-state index contributed by atoms with van der Waals surface area (Å²) < 4.78 is 7.33. The van der Waals surface area contributed by atoms with Gasteiger partial charge >= 0.3 is 0 Å². The molecule has 6 rings (SSSR count). The summed E-state index contributed by atoms with van der Waals surface area (Å²) in [5.41, 5.74) is 7.88. The quantitative estimate of drug-likeness (QED) is 0.502. The second-order valence-corrected chi connectivity index (χ2v) is 10.6. The van der Waals surface area contributed by atoms with Crippen LogP contribution in [0.3, 0.4) is 0 Å². The highest BCUT2D eigenvalue weighted by molar-refractivity contribution is 6.05. The predicted molar refractivity (Wildman–Crippen MR) is 145 cm³/mol. The van der Waals surface area contributed by atoms with Gasteiger partial charge in [0.05, 0.1) is 53.9 Å². The van der Waals surface area contributed by atoms with E-state index in [-0.39, 0.29) is 5.91 Å². The van der Waals surface area contributed by atoms with Crippen molar-refractivity contribution in [3.05, 3.63) is 76.9 Å². The van der Waals surface area contributed by atoms with E-state index in [9.17, 15) is 4.79 Å². The maximum atomic E-state index is 13.1. The summed E-state index contributed by atoms with van der Waals surface area (Å²) in [5.74, 6) is 0.552. The highest BCUT2D eigenvalue weighted by atomic mass is 16.5. The minimum absolute atomic E-state index is 0.169. The number of hydrogen-bond donors (Lipinski definition) is 1. The van der Waals surface area contributed by atoms with Crippen LogP contribution in [0, 0.1) is 13.8 Å². The van der Waals surface area contributed by atoms with Crippen molar-refractivity contribution in [1.29, 1.82) is 0 Å². The van der Waals surface area contributed by atoms with Gasteiger partial charge in [0, 0.05) is 19.1 Å². The Bertz CT molecular complexity index is 1320. The highest BCUT2D eigenvalue weighted by Crippen LogP contribution is 2.40. The zero-order valence-corrected chi connectivity index (χ0v) is 21.7. The van der Waals surface area contributed by atoms with E-state index >= 15 is 0 Å². The van der Waals surface area contributed by atoms with Crippen molar-refractivity contribution >= 4 is 17.2 Å². The van der Waals surface area contributed by atoms with Crippen LogP contribution in [0.4, 0.5) is 5.69 Å². The molecular formula is C30H35N5O2. The summed E-state index contributed by atoms with van der Waals surface area (Å²) in [6.45, 7) is 7.75. The van der Waals surface area contributed by atoms with Crippen LogP contribution in [0.25, 0.3) is 11.3 Å². The molecule has 37 heavy (non-hydrogen) atoms. The number of ether oxygens (including phenoxy) is 1. The molecule has 1 aliphatic heterocycles. The summed E-state index contributed by atoms with van der Waals surface area (Å²) >= 11 is 0. The van der Waals surface area contributed by atoms with E-state index in [4.69, 9.17) is 9.72 Å². The van der Waals surface area contributed by atoms with Crippen LogP contribution in [0.15, 0.2) is 48.8 Å². The number of morpholine rings is 1. The van der Waals surface area contributed by atoms with Gasteiger partial charge in [-0.3, -0.25) is 14.7 Å². The Hall–Kier alpha value is -3.29. The van der Waals surface area contributed by atoms with Crippen molar-refractivity contribution < 1.29 is 9.53 Å². The highest BCUT2D eigenvalue weighted by Gasteiger charge is 2.25. The van der Waals surface area contributed by atoms with Gasteiger partial charge in [-0.05, 0) is 86.8 Å². The second kappa shape index (κ2) is 10.2. The van der Waals surface area contributed by atoms with E-state index < -0.39 is 0 Å². The molecule has 2 fully saturated rings. The molecule has 0 bridgehead atoms. The van der Waals surface area contributed by atoms with Crippen molar-refractivity contribution in [2.45, 2.75) is 57.9 Å². The van der Waals surface area contributed by atoms with E-state index in [1.165, 1.54) is 24.0 Å². The molecule has 1 saturated heterocycles. The third kappa shape index (κ3) is 5.11. The number of nitrogens with zero attached hydrogens (tertiary/aromatic N) is 4. The molecule has 1 saturated carbocycles. The van der Waals surface area contributed by atoms with Crippen LogP contribution < -0.4 is 5.32 Å². The van der Waals surface area contributed by atoms with Gasteiger partial charge in [-0.1, -0.05) is 18.2 Å². The monoisotopic (exact) mass is 497 g/mol. The Morgan fingerprint density at radius 3 is 2.51 bits per heavy atom. The molecule has 3 aliphatic rings. The van der Waals surface area contributed by atoms with Crippen LogP contribution >= 0.6 is 0 Å². The Morgan fingerprint density at radius 2 is 1.84 bits per heavy atom. The minimum Gasteiger partial charge on any atom is -0.379 e. The molecule has 0 radical (unpaired) electrons. The SMILES string of the molecule is Cc1cc(NC(=O)c2cnn(-c3ccc(C4CC4)cc3)c2C)cnc1C1=CCC(N2CCOCC2)CC1. The number of aromatic nitrogens is 3. The van der Waals surface area contributed by atoms with Gasteiger partial charge in [-0.2, -0.15) is 5.10 Å². The molecule has 7 nitrogen and oxygen atoms in total. The summed E-state index contributed by atoms with van der Waals surface area (Å²) in [4.78, 5) is 20.4. The summed E-state index contributed by atoms with van der Waals surface area (Å²) in [5, 5.41) is 7.52. The lowest BCUT2D eigenvalue weighted by atomic mass is 9.90. The fourth-order valence-corrected chi connectivity index (χ4v) is 5.68. The van der Waals surface area contributed by atoms with Crippen molar-refractivity contribution in [1.82, 2.24) is 19.7 Å². The molecule has 1 amide bonds. The number of nitrogens with one attached hydrogen (secondary N) is 1. The van der Waals surface area contributed by atoms with Crippen molar-refractivity contribution in [3.8, 4) is 5.69 Å². The molecular weight excluding hydrogens is 462 g/mol. The van der Waals surface area contributed by atoms with E-state index in [1.54, 1.807) is 12.4 Å². The number of benzene rings is 1. The number of pyridine rings is 1. The summed E-state index contributed by atoms with van der Waals surface area (Å²) in [6, 6.07) is 11.1. The molecule has 3 heterocycles. The van der Waals surface area contributed by atoms with E-state index in [0.717, 1.165) is 74.1 Å². The summed E-state index contributed by atoms with van der Waals surface area (Å²) in [7, 11) is 0. The van der Waals surface area contributed by atoms with Gasteiger partial charge in [0.1, 0.15) is 0 Å². The number of aryl methyl sites for hydroxylation is 1. The standard InChI is InChI=1S/C30H35N5O2/c1-20-17-25(18-31-29(20)24-7-9-26(10-8-24)34-13-15-37-16-14-34)33-30(36)28-19-32-35(21(28)2)27-11-5-23(6-12-27)22-3-4-22/h5-7,11-12,17-19,22,26H,3-4,8-10,13-16H2,1-2H3,(H,33,36). The Morgan fingerprint density at radius 1 is 1.05 bits per heavy atom. The predicted octanol–water partition coefficient (Wildman–Crippen LogP) is 5.28. The topological polar surface area (TPSA) is 72.3 Å². The third-order valence-electron chi connectivity index (χ3n) is 8.03. The first-order valence-electron chi connectivity index (χ1n) is 13.5. The minimum atomic E-state index is -0.169. The third-order valence-corrected chi connectivity index (χ3v) is 8.03. The molecule has 1 atom stereocenters. The van der Waals surface area contributed by atoms with Gasteiger partial charge in [-0.15, -0.1) is 0 Å². The first-order valence-corrected chi connectivity index (χ1v) is 13.5. The number of hydrogen-bond acceptors (Lipinski definition) is 5. The molecule has 1 unspecified atom stereocenters. The average molecular weight is 498 g/mol. The molecule has 2 aromatic heterocycles. The van der Waals surface area contributed by atoms with Crippen LogP contribution in [0.2, 0.25) is 0 Å². The fourth-order valence-electron chi connectivity index (χ4n) is 5.68. The van der Waals surface area contributed by atoms with Gasteiger partial charge < -0.3 is 10.1 Å². The number of carbonyl (C=O) groups is 1. The van der Waals surface area contributed by atoms with Crippen LogP contribution in [0.5, 0.6) is 0 Å². The van der Waals surface area contributed by atoms with Crippen molar-refractivity contribution in [2.24, 2.45) is 0 Å². The number of allylic oxidation sites excluding steroid dienone is 1.